The van der Waals surface area contributed by atoms with Gasteiger partial charge in [0.05, 0.1) is 132 Å². The van der Waals surface area contributed by atoms with E-state index < -0.39 is 7.82 Å². The van der Waals surface area contributed by atoms with E-state index in [1.165, 1.54) is 0 Å². The van der Waals surface area contributed by atoms with Crippen LogP contribution in [0.3, 0.4) is 0 Å². The Morgan fingerprint density at radius 2 is 0.583 bits per heavy atom. The van der Waals surface area contributed by atoms with Crippen LogP contribution >= 0.6 is 7.82 Å². The smallest absolute Gasteiger partial charge is 0.382 e. The lowest BCUT2D eigenvalue weighted by atomic mass is 10.6. The molecule has 0 aromatic rings. The monoisotopic (exact) mass is 552 g/mol. The summed E-state index contributed by atoms with van der Waals surface area (Å²) >= 11 is 0. The van der Waals surface area contributed by atoms with Crippen molar-refractivity contribution >= 4 is 7.82 Å². The first-order valence-electron chi connectivity index (χ1n) is 11.9. The fraction of sp³-hybridized carbons (Fsp3) is 1.00. The maximum absolute atomic E-state index is 10.4. The Bertz CT molecular complexity index is 468. The van der Waals surface area contributed by atoms with Gasteiger partial charge in [0.2, 0.25) is 0 Å². The second-order valence-corrected chi connectivity index (χ2v) is 8.07. The standard InChI is InChI=1S/C21H45O14P/c1-25-2-3-26-4-5-27-6-7-28-8-9-29-10-11-30-12-13-31-14-15-32-16-17-33-18-19-34-20-21-35-36(22,23)24/h2-21H2,1H3,(H2,22,23,24). The molecule has 0 atom stereocenters. The Balaban J connectivity index is 3.04. The third kappa shape index (κ3) is 33.7. The number of phosphoric acid groups is 1. The van der Waals surface area contributed by atoms with Crippen molar-refractivity contribution in [1.82, 2.24) is 0 Å². The normalized spacial score (nSPS) is 12.0. The van der Waals surface area contributed by atoms with Crippen LogP contribution in [-0.4, -0.2) is 149 Å². The van der Waals surface area contributed by atoms with Crippen LogP contribution in [0.2, 0.25) is 0 Å². The Morgan fingerprint density at radius 1 is 0.389 bits per heavy atom. The van der Waals surface area contributed by atoms with Gasteiger partial charge < -0.3 is 57.2 Å². The lowest BCUT2D eigenvalue weighted by Crippen LogP contribution is -2.15. The van der Waals surface area contributed by atoms with Gasteiger partial charge in [0, 0.05) is 7.11 Å². The molecule has 0 saturated carbocycles. The summed E-state index contributed by atoms with van der Waals surface area (Å²) in [6, 6.07) is 0. The summed E-state index contributed by atoms with van der Waals surface area (Å²) < 4.78 is 67.6. The zero-order chi connectivity index (χ0) is 26.4. The molecule has 0 spiro atoms. The van der Waals surface area contributed by atoms with Crippen LogP contribution in [0, 0.1) is 0 Å². The average Bonchev–Trinajstić information content (AvgIpc) is 2.84. The largest absolute Gasteiger partial charge is 0.469 e. The molecule has 0 unspecified atom stereocenters. The molecule has 0 aliphatic heterocycles. The first-order valence-corrected chi connectivity index (χ1v) is 13.5. The van der Waals surface area contributed by atoms with Crippen molar-refractivity contribution in [3.05, 3.63) is 0 Å². The fourth-order valence-corrected chi connectivity index (χ4v) is 2.53. The van der Waals surface area contributed by atoms with Gasteiger partial charge in [0.25, 0.3) is 0 Å². The van der Waals surface area contributed by atoms with E-state index in [4.69, 9.17) is 57.2 Å². The first kappa shape index (κ1) is 35.7. The predicted molar refractivity (Wildman–Crippen MR) is 127 cm³/mol. The van der Waals surface area contributed by atoms with E-state index in [2.05, 4.69) is 4.52 Å². The summed E-state index contributed by atoms with van der Waals surface area (Å²) in [4.78, 5) is 17.0. The highest BCUT2D eigenvalue weighted by atomic mass is 31.2. The van der Waals surface area contributed by atoms with Gasteiger partial charge in [-0.15, -0.1) is 0 Å². The van der Waals surface area contributed by atoms with Crippen molar-refractivity contribution in [2.24, 2.45) is 0 Å². The second-order valence-electron chi connectivity index (χ2n) is 6.83. The minimum atomic E-state index is -4.43. The quantitative estimate of drug-likeness (QED) is 0.0866. The van der Waals surface area contributed by atoms with Gasteiger partial charge in [-0.2, -0.15) is 0 Å². The maximum Gasteiger partial charge on any atom is 0.469 e. The Kier molecular flexibility index (Phi) is 29.0. The van der Waals surface area contributed by atoms with Gasteiger partial charge >= 0.3 is 7.82 Å². The van der Waals surface area contributed by atoms with Gasteiger partial charge in [0.1, 0.15) is 0 Å². The van der Waals surface area contributed by atoms with E-state index in [0.717, 1.165) is 0 Å². The van der Waals surface area contributed by atoms with E-state index in [0.29, 0.717) is 119 Å². The molecule has 0 fully saturated rings. The number of rotatable bonds is 31. The molecular formula is C21H45O14P. The summed E-state index contributed by atoms with van der Waals surface area (Å²) in [6.45, 7) is 8.55. The van der Waals surface area contributed by atoms with Crippen molar-refractivity contribution in [2.75, 3.05) is 139 Å². The molecule has 0 heterocycles. The van der Waals surface area contributed by atoms with E-state index in [9.17, 15) is 4.57 Å². The van der Waals surface area contributed by atoms with Crippen LogP contribution < -0.4 is 0 Å². The van der Waals surface area contributed by atoms with E-state index >= 15 is 0 Å². The highest BCUT2D eigenvalue weighted by Crippen LogP contribution is 2.35. The number of phosphoric ester groups is 1. The van der Waals surface area contributed by atoms with Gasteiger partial charge in [-0.25, -0.2) is 4.57 Å². The minimum absolute atomic E-state index is 0.0816. The molecule has 218 valence electrons. The second kappa shape index (κ2) is 29.3. The van der Waals surface area contributed by atoms with Crippen LogP contribution in [0.4, 0.5) is 0 Å². The molecule has 0 aromatic carbocycles. The van der Waals surface area contributed by atoms with E-state index in [-0.39, 0.29) is 13.2 Å². The van der Waals surface area contributed by atoms with Crippen molar-refractivity contribution < 1.29 is 66.2 Å². The number of hydrogen-bond acceptors (Lipinski definition) is 12. The van der Waals surface area contributed by atoms with Gasteiger partial charge in [-0.3, -0.25) is 4.52 Å². The van der Waals surface area contributed by atoms with Crippen LogP contribution in [-0.2, 0) is 56.5 Å². The number of methoxy groups -OCH3 is 1. The molecule has 0 bridgehead atoms. The Labute approximate surface area is 213 Å². The van der Waals surface area contributed by atoms with E-state index in [1.54, 1.807) is 7.11 Å². The Morgan fingerprint density at radius 3 is 0.778 bits per heavy atom. The van der Waals surface area contributed by atoms with Crippen LogP contribution in [0.1, 0.15) is 0 Å². The lowest BCUT2D eigenvalue weighted by Gasteiger charge is -2.09. The molecule has 0 saturated heterocycles. The molecule has 2 N–H and O–H groups in total. The fourth-order valence-electron chi connectivity index (χ4n) is 2.22. The third-order valence-electron chi connectivity index (χ3n) is 3.89. The minimum Gasteiger partial charge on any atom is -0.382 e. The molecule has 15 heteroatoms. The molecule has 36 heavy (non-hydrogen) atoms. The highest BCUT2D eigenvalue weighted by Gasteiger charge is 2.12. The summed E-state index contributed by atoms with van der Waals surface area (Å²) in [7, 11) is -2.79. The van der Waals surface area contributed by atoms with Crippen molar-refractivity contribution in [3.63, 3.8) is 0 Å². The molecule has 0 aromatic heterocycles. The summed E-state index contributed by atoms with van der Waals surface area (Å²) in [6.07, 6.45) is 0. The molecule has 14 nitrogen and oxygen atoms in total. The zero-order valence-corrected chi connectivity index (χ0v) is 22.3. The third-order valence-corrected chi connectivity index (χ3v) is 4.41. The van der Waals surface area contributed by atoms with Crippen molar-refractivity contribution in [2.45, 2.75) is 0 Å². The van der Waals surface area contributed by atoms with Crippen molar-refractivity contribution in [1.29, 1.82) is 0 Å². The summed E-state index contributed by atoms with van der Waals surface area (Å²) in [5.41, 5.74) is 0. The molecule has 0 radical (unpaired) electrons. The summed E-state index contributed by atoms with van der Waals surface area (Å²) in [5.74, 6) is 0. The highest BCUT2D eigenvalue weighted by molar-refractivity contribution is 7.46. The topological polar surface area (TPSA) is 159 Å². The first-order chi connectivity index (χ1) is 17.6. The SMILES string of the molecule is COCCOCCOCCOCCOCCOCCOCCOCCOCCOCCOP(=O)(O)O. The van der Waals surface area contributed by atoms with E-state index in [1.807, 2.05) is 0 Å². The average molecular weight is 553 g/mol. The number of ether oxygens (including phenoxy) is 10. The van der Waals surface area contributed by atoms with Gasteiger partial charge in [-0.1, -0.05) is 0 Å². The molecule has 0 aliphatic carbocycles. The molecule has 0 rings (SSSR count). The summed E-state index contributed by atoms with van der Waals surface area (Å²) in [5, 5.41) is 0. The van der Waals surface area contributed by atoms with Crippen LogP contribution in [0.25, 0.3) is 0 Å². The Hall–Kier alpha value is -0.290. The van der Waals surface area contributed by atoms with Crippen molar-refractivity contribution in [3.8, 4) is 0 Å². The lowest BCUT2D eigenvalue weighted by molar-refractivity contribution is -0.0263. The molecule has 0 aliphatic rings. The van der Waals surface area contributed by atoms with Crippen LogP contribution in [0.15, 0.2) is 0 Å². The zero-order valence-electron chi connectivity index (χ0n) is 21.4. The predicted octanol–water partition coefficient (Wildman–Crippen LogP) is -0.108. The molecular weight excluding hydrogens is 507 g/mol. The molecule has 0 amide bonds. The van der Waals surface area contributed by atoms with Gasteiger partial charge in [-0.05, 0) is 0 Å². The maximum atomic E-state index is 10.4. The number of hydrogen-bond donors (Lipinski definition) is 2. The van der Waals surface area contributed by atoms with Gasteiger partial charge in [0.15, 0.2) is 0 Å². The van der Waals surface area contributed by atoms with Crippen LogP contribution in [0.5, 0.6) is 0 Å².